The van der Waals surface area contributed by atoms with E-state index >= 15 is 0 Å². The van der Waals surface area contributed by atoms with Crippen molar-refractivity contribution in [1.29, 1.82) is 0 Å². The van der Waals surface area contributed by atoms with Crippen molar-refractivity contribution in [2.75, 3.05) is 57.2 Å². The summed E-state index contributed by atoms with van der Waals surface area (Å²) < 4.78 is 5.91. The van der Waals surface area contributed by atoms with Gasteiger partial charge in [-0.25, -0.2) is 0 Å². The molecule has 2 aliphatic rings. The summed E-state index contributed by atoms with van der Waals surface area (Å²) >= 11 is 0. The van der Waals surface area contributed by atoms with Gasteiger partial charge >= 0.3 is 0 Å². The highest BCUT2D eigenvalue weighted by atomic mass is 16.5. The van der Waals surface area contributed by atoms with Gasteiger partial charge in [-0.2, -0.15) is 15.0 Å². The predicted octanol–water partition coefficient (Wildman–Crippen LogP) is 0.580. The van der Waals surface area contributed by atoms with Crippen LogP contribution in [-0.4, -0.2) is 79.4 Å². The third-order valence-corrected chi connectivity index (χ3v) is 4.41. The largest absolute Gasteiger partial charge is 0.373 e. The summed E-state index contributed by atoms with van der Waals surface area (Å²) in [5.74, 6) is 2.62. The summed E-state index contributed by atoms with van der Waals surface area (Å²) in [5, 5.41) is 0. The van der Waals surface area contributed by atoms with Gasteiger partial charge in [0.1, 0.15) is 5.82 Å². The second-order valence-electron chi connectivity index (χ2n) is 6.70. The molecule has 7 heteroatoms. The third kappa shape index (κ3) is 2.87. The highest BCUT2D eigenvalue weighted by Gasteiger charge is 2.39. The summed E-state index contributed by atoms with van der Waals surface area (Å²) in [7, 11) is 6.09. The molecule has 3 heterocycles. The zero-order chi connectivity index (χ0) is 15.9. The minimum Gasteiger partial charge on any atom is -0.373 e. The number of fused-ring (bicyclic) bond motifs is 1. The van der Waals surface area contributed by atoms with Crippen molar-refractivity contribution in [3.05, 3.63) is 5.82 Å². The van der Waals surface area contributed by atoms with E-state index in [2.05, 4.69) is 45.6 Å². The third-order valence-electron chi connectivity index (χ3n) is 4.41. The molecule has 0 bridgehead atoms. The van der Waals surface area contributed by atoms with Crippen LogP contribution in [0.3, 0.4) is 0 Å². The number of aromatic nitrogens is 3. The topological polar surface area (TPSA) is 57.6 Å². The van der Waals surface area contributed by atoms with Gasteiger partial charge in [0, 0.05) is 39.6 Å². The summed E-state index contributed by atoms with van der Waals surface area (Å²) in [6.07, 6.45) is 0.251. The van der Waals surface area contributed by atoms with Gasteiger partial charge in [-0.1, -0.05) is 13.8 Å². The van der Waals surface area contributed by atoms with E-state index in [4.69, 9.17) is 4.74 Å². The number of anilines is 2. The second-order valence-corrected chi connectivity index (χ2v) is 6.70. The summed E-state index contributed by atoms with van der Waals surface area (Å²) in [4.78, 5) is 20.4. The molecule has 2 fully saturated rings. The molecule has 3 rings (SSSR count). The van der Waals surface area contributed by atoms with Crippen LogP contribution in [0.15, 0.2) is 0 Å². The fourth-order valence-electron chi connectivity index (χ4n) is 2.99. The first-order chi connectivity index (χ1) is 10.5. The summed E-state index contributed by atoms with van der Waals surface area (Å²) in [5.41, 5.74) is 0. The number of hydrogen-bond donors (Lipinski definition) is 0. The summed E-state index contributed by atoms with van der Waals surface area (Å²) in [6, 6.07) is 0.427. The number of morpholine rings is 1. The Morgan fingerprint density at radius 1 is 1.18 bits per heavy atom. The van der Waals surface area contributed by atoms with Gasteiger partial charge in [0.05, 0.1) is 18.8 Å². The van der Waals surface area contributed by atoms with E-state index in [1.54, 1.807) is 0 Å². The van der Waals surface area contributed by atoms with Crippen LogP contribution in [0.25, 0.3) is 0 Å². The molecule has 2 saturated heterocycles. The van der Waals surface area contributed by atoms with Gasteiger partial charge in [-0.05, 0) is 7.05 Å². The zero-order valence-electron chi connectivity index (χ0n) is 14.2. The average molecular weight is 306 g/mol. The number of hydrogen-bond acceptors (Lipinski definition) is 7. The second kappa shape index (κ2) is 5.96. The normalized spacial score (nSPS) is 25.6. The molecule has 7 nitrogen and oxygen atoms in total. The van der Waals surface area contributed by atoms with Crippen molar-refractivity contribution in [2.24, 2.45) is 0 Å². The van der Waals surface area contributed by atoms with Crippen LogP contribution in [0.1, 0.15) is 25.6 Å². The fraction of sp³-hybridized carbons (Fsp3) is 0.800. The minimum atomic E-state index is 0.251. The van der Waals surface area contributed by atoms with Crippen molar-refractivity contribution in [3.63, 3.8) is 0 Å². The van der Waals surface area contributed by atoms with Gasteiger partial charge in [-0.15, -0.1) is 0 Å². The van der Waals surface area contributed by atoms with E-state index < -0.39 is 0 Å². The Morgan fingerprint density at radius 2 is 1.95 bits per heavy atom. The standard InChI is InChI=1S/C15H26N6O/c1-10(2)13-16-14(19(3)4)18-15(17-13)21-8-11-12(9-21)22-7-6-20(11)5/h10-12H,6-9H2,1-5H3. The van der Waals surface area contributed by atoms with Crippen LogP contribution < -0.4 is 9.80 Å². The van der Waals surface area contributed by atoms with Crippen LogP contribution in [-0.2, 0) is 4.74 Å². The number of likely N-dealkylation sites (N-methyl/N-ethyl adjacent to an activating group) is 1. The van der Waals surface area contributed by atoms with Crippen molar-refractivity contribution < 1.29 is 4.74 Å². The van der Waals surface area contributed by atoms with Gasteiger partial charge in [0.25, 0.3) is 0 Å². The molecule has 0 spiro atoms. The highest BCUT2D eigenvalue weighted by Crippen LogP contribution is 2.26. The zero-order valence-corrected chi connectivity index (χ0v) is 14.2. The number of ether oxygens (including phenoxy) is 1. The van der Waals surface area contributed by atoms with Gasteiger partial charge in [0.15, 0.2) is 0 Å². The molecule has 0 radical (unpaired) electrons. The lowest BCUT2D eigenvalue weighted by atomic mass is 10.1. The maximum absolute atomic E-state index is 5.91. The smallest absolute Gasteiger partial charge is 0.230 e. The Bertz CT molecular complexity index is 509. The predicted molar refractivity (Wildman–Crippen MR) is 86.6 cm³/mol. The molecular formula is C15H26N6O. The van der Waals surface area contributed by atoms with Crippen LogP contribution in [0.4, 0.5) is 11.9 Å². The van der Waals surface area contributed by atoms with Crippen molar-refractivity contribution >= 4 is 11.9 Å². The quantitative estimate of drug-likeness (QED) is 0.809. The monoisotopic (exact) mass is 306 g/mol. The molecule has 22 heavy (non-hydrogen) atoms. The fourth-order valence-corrected chi connectivity index (χ4v) is 2.99. The molecule has 0 aromatic carbocycles. The van der Waals surface area contributed by atoms with Crippen molar-refractivity contribution in [1.82, 2.24) is 19.9 Å². The van der Waals surface area contributed by atoms with Crippen LogP contribution in [0, 0.1) is 0 Å². The van der Waals surface area contributed by atoms with E-state index in [1.165, 1.54) is 0 Å². The Hall–Kier alpha value is -1.47. The molecule has 2 atom stereocenters. The lowest BCUT2D eigenvalue weighted by Gasteiger charge is -2.33. The first-order valence-electron chi connectivity index (χ1n) is 7.95. The van der Waals surface area contributed by atoms with Crippen molar-refractivity contribution in [3.8, 4) is 0 Å². The SMILES string of the molecule is CC(C)c1nc(N(C)C)nc(N2CC3OCCN(C)C3C2)n1. The molecule has 0 N–H and O–H groups in total. The minimum absolute atomic E-state index is 0.251. The van der Waals surface area contributed by atoms with Crippen LogP contribution in [0.2, 0.25) is 0 Å². The lowest BCUT2D eigenvalue weighted by molar-refractivity contribution is -0.0362. The van der Waals surface area contributed by atoms with Crippen molar-refractivity contribution in [2.45, 2.75) is 31.9 Å². The van der Waals surface area contributed by atoms with E-state index in [1.807, 2.05) is 19.0 Å². The molecule has 0 amide bonds. The van der Waals surface area contributed by atoms with Gasteiger partial charge < -0.3 is 14.5 Å². The summed E-state index contributed by atoms with van der Waals surface area (Å²) in [6.45, 7) is 7.78. The Morgan fingerprint density at radius 3 is 2.59 bits per heavy atom. The van der Waals surface area contributed by atoms with E-state index in [9.17, 15) is 0 Å². The molecule has 0 aliphatic carbocycles. The van der Waals surface area contributed by atoms with E-state index in [0.29, 0.717) is 6.04 Å². The lowest BCUT2D eigenvalue weighted by Crippen LogP contribution is -2.48. The number of nitrogens with zero attached hydrogens (tertiary/aromatic N) is 6. The van der Waals surface area contributed by atoms with E-state index in [0.717, 1.165) is 44.0 Å². The molecule has 1 aromatic heterocycles. The molecule has 2 unspecified atom stereocenters. The molecular weight excluding hydrogens is 280 g/mol. The van der Waals surface area contributed by atoms with Crippen LogP contribution in [0.5, 0.6) is 0 Å². The molecule has 0 saturated carbocycles. The highest BCUT2D eigenvalue weighted by molar-refractivity contribution is 5.40. The maximum atomic E-state index is 5.91. The first-order valence-corrected chi connectivity index (χ1v) is 7.95. The Labute approximate surface area is 132 Å². The maximum Gasteiger partial charge on any atom is 0.230 e. The van der Waals surface area contributed by atoms with Crippen LogP contribution >= 0.6 is 0 Å². The molecule has 2 aliphatic heterocycles. The first kappa shape index (κ1) is 15.4. The van der Waals surface area contributed by atoms with E-state index in [-0.39, 0.29) is 12.0 Å². The average Bonchev–Trinajstić information content (AvgIpc) is 2.92. The van der Waals surface area contributed by atoms with Gasteiger partial charge in [-0.3, -0.25) is 4.90 Å². The Balaban J connectivity index is 1.88. The Kier molecular flexibility index (Phi) is 4.18. The molecule has 122 valence electrons. The molecule has 1 aromatic rings. The number of rotatable bonds is 3. The van der Waals surface area contributed by atoms with Gasteiger partial charge in [0.2, 0.25) is 11.9 Å².